The highest BCUT2D eigenvalue weighted by atomic mass is 16.3. The minimum absolute atomic E-state index is 0.0835. The molecule has 0 amide bonds. The van der Waals surface area contributed by atoms with Crippen molar-refractivity contribution in [2.45, 2.75) is 96.1 Å². The largest absolute Gasteiger partial charge is 0.390 e. The van der Waals surface area contributed by atoms with Crippen LogP contribution in [0, 0.1) is 28.6 Å². The third-order valence-corrected chi connectivity index (χ3v) is 9.85. The molecule has 0 heterocycles. The fraction of sp³-hybridized carbons (Fsp3) is 0.741. The molecule has 1 unspecified atom stereocenters. The normalized spacial score (nSPS) is 44.1. The molecular formula is C27H38O7. The Morgan fingerprint density at radius 3 is 2.59 bits per heavy atom. The van der Waals surface area contributed by atoms with Crippen molar-refractivity contribution in [1.29, 1.82) is 0 Å². The number of ketones is 2. The van der Waals surface area contributed by atoms with Gasteiger partial charge in [-0.05, 0) is 62.7 Å². The van der Waals surface area contributed by atoms with Crippen molar-refractivity contribution in [3.8, 4) is 0 Å². The summed E-state index contributed by atoms with van der Waals surface area (Å²) in [5.41, 5.74) is -3.26. The SMILES string of the molecule is C[C@@H](C=O)CCC(=O)[C@](C)(O)[C@H]1CC[C@@]2(O)C3=CC(=O)C4C[C@@H](O)[C@@H](O)C[C@]4(C)C3=CC[C@]12C. The summed E-state index contributed by atoms with van der Waals surface area (Å²) in [6, 6.07) is 0. The van der Waals surface area contributed by atoms with E-state index in [9.17, 15) is 34.8 Å². The van der Waals surface area contributed by atoms with Gasteiger partial charge in [0, 0.05) is 35.0 Å². The lowest BCUT2D eigenvalue weighted by atomic mass is 9.49. The predicted molar refractivity (Wildman–Crippen MR) is 125 cm³/mol. The number of carbonyl (C=O) groups is 3. The van der Waals surface area contributed by atoms with E-state index in [4.69, 9.17) is 0 Å². The lowest BCUT2D eigenvalue weighted by molar-refractivity contribution is -0.153. The highest BCUT2D eigenvalue weighted by Gasteiger charge is 2.67. The van der Waals surface area contributed by atoms with Crippen LogP contribution in [-0.2, 0) is 14.4 Å². The summed E-state index contributed by atoms with van der Waals surface area (Å²) in [4.78, 5) is 37.2. The third kappa shape index (κ3) is 3.42. The first-order valence-corrected chi connectivity index (χ1v) is 12.5. The topological polar surface area (TPSA) is 132 Å². The molecule has 0 aromatic carbocycles. The predicted octanol–water partition coefficient (Wildman–Crippen LogP) is 2.05. The standard InChI is InChI=1S/C27H38O7/c1-15(14-28)5-6-23(32)26(4,33)22-8-10-27(34)17-11-19(29)18-12-20(30)21(31)13-24(18,2)16(17)7-9-25(22,27)3/h7,11,14-15,18,20-22,30-31,33-34H,5-6,8-10,12-13H2,1-4H3/t15-,18?,20-,21+,22+,24-,25-,26-,27-/m1/s1. The molecule has 4 rings (SSSR count). The van der Waals surface area contributed by atoms with Gasteiger partial charge in [-0.15, -0.1) is 0 Å². The Kier molecular flexibility index (Phi) is 6.12. The number of allylic oxidation sites excluding steroid dienone is 2. The molecule has 9 atom stereocenters. The van der Waals surface area contributed by atoms with Crippen LogP contribution in [0.3, 0.4) is 0 Å². The average Bonchev–Trinajstić information content (AvgIpc) is 3.06. The van der Waals surface area contributed by atoms with Crippen molar-refractivity contribution in [3.05, 3.63) is 23.3 Å². The van der Waals surface area contributed by atoms with Gasteiger partial charge in [0.2, 0.25) is 0 Å². The Bertz CT molecular complexity index is 964. The van der Waals surface area contributed by atoms with Gasteiger partial charge in [0.25, 0.3) is 0 Å². The molecule has 7 nitrogen and oxygen atoms in total. The second kappa shape index (κ2) is 8.19. The maximum atomic E-state index is 13.2. The monoisotopic (exact) mass is 474 g/mol. The van der Waals surface area contributed by atoms with Crippen LogP contribution in [0.25, 0.3) is 0 Å². The number of rotatable bonds is 6. The van der Waals surface area contributed by atoms with Crippen molar-refractivity contribution in [1.82, 2.24) is 0 Å². The van der Waals surface area contributed by atoms with Crippen molar-refractivity contribution in [2.24, 2.45) is 28.6 Å². The first-order valence-electron chi connectivity index (χ1n) is 12.5. The number of aliphatic hydroxyl groups excluding tert-OH is 2. The van der Waals surface area contributed by atoms with E-state index in [0.717, 1.165) is 11.9 Å². The molecular weight excluding hydrogens is 436 g/mol. The van der Waals surface area contributed by atoms with Crippen LogP contribution in [0.2, 0.25) is 0 Å². The summed E-state index contributed by atoms with van der Waals surface area (Å²) in [5, 5.41) is 44.2. The van der Waals surface area contributed by atoms with Gasteiger partial charge in [0.15, 0.2) is 11.6 Å². The Morgan fingerprint density at radius 1 is 1.26 bits per heavy atom. The van der Waals surface area contributed by atoms with E-state index in [1.54, 1.807) is 6.92 Å². The van der Waals surface area contributed by atoms with Crippen LogP contribution in [-0.4, -0.2) is 61.7 Å². The number of fused-ring (bicyclic) bond motifs is 5. The summed E-state index contributed by atoms with van der Waals surface area (Å²) in [6.45, 7) is 7.06. The molecule has 4 aliphatic rings. The van der Waals surface area contributed by atoms with Crippen LogP contribution < -0.4 is 0 Å². The molecule has 4 aliphatic carbocycles. The summed E-state index contributed by atoms with van der Waals surface area (Å²) < 4.78 is 0. The van der Waals surface area contributed by atoms with E-state index >= 15 is 0 Å². The first kappa shape index (κ1) is 25.4. The van der Waals surface area contributed by atoms with E-state index in [2.05, 4.69) is 0 Å². The highest BCUT2D eigenvalue weighted by molar-refractivity contribution is 5.97. The van der Waals surface area contributed by atoms with E-state index in [-0.39, 0.29) is 36.7 Å². The smallest absolute Gasteiger partial charge is 0.164 e. The van der Waals surface area contributed by atoms with Crippen molar-refractivity contribution in [2.75, 3.05) is 0 Å². The Balaban J connectivity index is 1.70. The van der Waals surface area contributed by atoms with Crippen LogP contribution in [0.5, 0.6) is 0 Å². The third-order valence-electron chi connectivity index (χ3n) is 9.85. The molecule has 0 radical (unpaired) electrons. The van der Waals surface area contributed by atoms with Crippen molar-refractivity contribution in [3.63, 3.8) is 0 Å². The van der Waals surface area contributed by atoms with Gasteiger partial charge in [-0.3, -0.25) is 9.59 Å². The fourth-order valence-corrected chi connectivity index (χ4v) is 7.50. The van der Waals surface area contributed by atoms with Gasteiger partial charge in [0.05, 0.1) is 17.8 Å². The van der Waals surface area contributed by atoms with Crippen LogP contribution in [0.4, 0.5) is 0 Å². The lowest BCUT2D eigenvalue weighted by Crippen LogP contribution is -2.59. The number of hydrogen-bond donors (Lipinski definition) is 4. The van der Waals surface area contributed by atoms with Gasteiger partial charge < -0.3 is 25.2 Å². The molecule has 0 spiro atoms. The Labute approximate surface area is 200 Å². The van der Waals surface area contributed by atoms with Crippen LogP contribution >= 0.6 is 0 Å². The molecule has 0 aromatic heterocycles. The van der Waals surface area contributed by atoms with Crippen LogP contribution in [0.15, 0.2) is 23.3 Å². The minimum Gasteiger partial charge on any atom is -0.390 e. The van der Waals surface area contributed by atoms with E-state index in [1.165, 1.54) is 13.0 Å². The molecule has 2 fully saturated rings. The number of hydrogen-bond acceptors (Lipinski definition) is 7. The van der Waals surface area contributed by atoms with Crippen molar-refractivity contribution < 1.29 is 34.8 Å². The molecule has 188 valence electrons. The number of aldehydes is 1. The molecule has 0 aromatic rings. The Hall–Kier alpha value is -1.67. The molecule has 34 heavy (non-hydrogen) atoms. The maximum absolute atomic E-state index is 13.2. The molecule has 7 heteroatoms. The zero-order chi connectivity index (χ0) is 25.3. The van der Waals surface area contributed by atoms with E-state index < -0.39 is 46.1 Å². The molecule has 0 saturated heterocycles. The lowest BCUT2D eigenvalue weighted by Gasteiger charge is -2.56. The second-order valence-electron chi connectivity index (χ2n) is 11.9. The second-order valence-corrected chi connectivity index (χ2v) is 11.9. The van der Waals surface area contributed by atoms with E-state index in [0.29, 0.717) is 31.3 Å². The molecule has 4 N–H and O–H groups in total. The van der Waals surface area contributed by atoms with Crippen LogP contribution in [0.1, 0.15) is 72.6 Å². The maximum Gasteiger partial charge on any atom is 0.164 e. The highest BCUT2D eigenvalue weighted by Crippen LogP contribution is 2.66. The quantitative estimate of drug-likeness (QED) is 0.433. The number of Topliss-reactive ketones (excluding diaryl/α,β-unsaturated/α-hetero) is 1. The zero-order valence-electron chi connectivity index (χ0n) is 20.6. The fourth-order valence-electron chi connectivity index (χ4n) is 7.50. The van der Waals surface area contributed by atoms with Gasteiger partial charge in [-0.1, -0.05) is 26.8 Å². The summed E-state index contributed by atoms with van der Waals surface area (Å²) in [7, 11) is 0. The van der Waals surface area contributed by atoms with Gasteiger partial charge in [0.1, 0.15) is 11.9 Å². The molecule has 2 saturated carbocycles. The first-order chi connectivity index (χ1) is 15.7. The average molecular weight is 475 g/mol. The zero-order valence-corrected chi connectivity index (χ0v) is 20.6. The van der Waals surface area contributed by atoms with E-state index in [1.807, 2.05) is 19.9 Å². The number of carbonyl (C=O) groups excluding carboxylic acids is 3. The summed E-state index contributed by atoms with van der Waals surface area (Å²) in [6.07, 6.45) is 4.43. The van der Waals surface area contributed by atoms with Gasteiger partial charge in [-0.2, -0.15) is 0 Å². The summed E-state index contributed by atoms with van der Waals surface area (Å²) in [5.74, 6) is -1.76. The number of aliphatic hydroxyl groups is 4. The Morgan fingerprint density at radius 2 is 1.94 bits per heavy atom. The summed E-state index contributed by atoms with van der Waals surface area (Å²) >= 11 is 0. The van der Waals surface area contributed by atoms with Gasteiger partial charge in [-0.25, -0.2) is 0 Å². The molecule has 0 aliphatic heterocycles. The van der Waals surface area contributed by atoms with Crippen molar-refractivity contribution >= 4 is 17.9 Å². The molecule has 0 bridgehead atoms. The van der Waals surface area contributed by atoms with Gasteiger partial charge >= 0.3 is 0 Å². The minimum atomic E-state index is -1.68.